The molecule has 1 aliphatic heterocycles. The van der Waals surface area contributed by atoms with E-state index in [-0.39, 0.29) is 30.4 Å². The lowest BCUT2D eigenvalue weighted by molar-refractivity contribution is -0.274. The predicted molar refractivity (Wildman–Crippen MR) is 76.3 cm³/mol. The highest BCUT2D eigenvalue weighted by Gasteiger charge is 2.34. The van der Waals surface area contributed by atoms with Crippen LogP contribution in [0, 0.1) is 12.8 Å². The molecule has 1 aliphatic rings. The lowest BCUT2D eigenvalue weighted by Gasteiger charge is -2.20. The Morgan fingerprint density at radius 3 is 2.57 bits per heavy atom. The smallest absolute Gasteiger partial charge is 0.406 e. The quantitative estimate of drug-likeness (QED) is 0.890. The molecule has 10 heteroatoms. The van der Waals surface area contributed by atoms with Gasteiger partial charge in [0.25, 0.3) is 0 Å². The van der Waals surface area contributed by atoms with E-state index in [4.69, 9.17) is 5.14 Å². The van der Waals surface area contributed by atoms with Crippen LogP contribution in [-0.4, -0.2) is 33.0 Å². The molecule has 1 atom stereocenters. The maximum atomic E-state index is 12.2. The lowest BCUT2D eigenvalue weighted by atomic mass is 10.1. The largest absolute Gasteiger partial charge is 0.573 e. The first-order valence-electron chi connectivity index (χ1n) is 6.62. The summed E-state index contributed by atoms with van der Waals surface area (Å²) in [4.78, 5) is 13.4. The number of amides is 1. The Morgan fingerprint density at radius 1 is 1.39 bits per heavy atom. The molecule has 0 bridgehead atoms. The summed E-state index contributed by atoms with van der Waals surface area (Å²) in [6.45, 7) is 1.69. The van der Waals surface area contributed by atoms with E-state index in [2.05, 4.69) is 4.74 Å². The summed E-state index contributed by atoms with van der Waals surface area (Å²) in [5, 5.41) is 4.97. The summed E-state index contributed by atoms with van der Waals surface area (Å²) in [7, 11) is -3.70. The number of carbonyl (C=O) groups is 1. The molecule has 1 amide bonds. The van der Waals surface area contributed by atoms with E-state index in [0.717, 1.165) is 6.07 Å². The highest BCUT2D eigenvalue weighted by Crippen LogP contribution is 2.32. The second-order valence-corrected chi connectivity index (χ2v) is 7.06. The van der Waals surface area contributed by atoms with Crippen LogP contribution < -0.4 is 14.8 Å². The standard InChI is InChI=1S/C13H15F3N2O4S/c1-8-4-10(22-13(14,15)16)2-3-11(8)18-6-9(5-12(18)19)7-23(17,20)21/h2-4,9H,5-7H2,1H3,(H2,17,20,21). The summed E-state index contributed by atoms with van der Waals surface area (Å²) < 4.78 is 62.6. The molecule has 23 heavy (non-hydrogen) atoms. The zero-order chi connectivity index (χ0) is 17.4. The van der Waals surface area contributed by atoms with Crippen molar-refractivity contribution in [3.8, 4) is 5.75 Å². The SMILES string of the molecule is Cc1cc(OC(F)(F)F)ccc1N1CC(CS(N)(=O)=O)CC1=O. The molecule has 1 fully saturated rings. The topological polar surface area (TPSA) is 89.7 Å². The second-order valence-electron chi connectivity index (χ2n) is 5.40. The summed E-state index contributed by atoms with van der Waals surface area (Å²) in [5.74, 6) is -1.44. The number of hydrogen-bond donors (Lipinski definition) is 1. The highest BCUT2D eigenvalue weighted by atomic mass is 32.2. The van der Waals surface area contributed by atoms with E-state index >= 15 is 0 Å². The van der Waals surface area contributed by atoms with Crippen molar-refractivity contribution >= 4 is 21.6 Å². The number of anilines is 1. The van der Waals surface area contributed by atoms with Crippen LogP contribution in [0.3, 0.4) is 0 Å². The van der Waals surface area contributed by atoms with Crippen molar-refractivity contribution in [1.82, 2.24) is 0 Å². The molecular formula is C13H15F3N2O4S. The Bertz CT molecular complexity index is 718. The van der Waals surface area contributed by atoms with E-state index in [0.29, 0.717) is 11.3 Å². The number of nitrogens with zero attached hydrogens (tertiary/aromatic N) is 1. The van der Waals surface area contributed by atoms with Gasteiger partial charge in [0.1, 0.15) is 5.75 Å². The first kappa shape index (κ1) is 17.5. The molecule has 0 radical (unpaired) electrons. The maximum absolute atomic E-state index is 12.2. The summed E-state index contributed by atoms with van der Waals surface area (Å²) in [6, 6.07) is 3.62. The molecule has 0 saturated carbocycles. The van der Waals surface area contributed by atoms with Gasteiger partial charge in [-0.15, -0.1) is 13.2 Å². The van der Waals surface area contributed by atoms with Gasteiger partial charge in [0, 0.05) is 24.6 Å². The van der Waals surface area contributed by atoms with Crippen LogP contribution in [0.15, 0.2) is 18.2 Å². The molecule has 0 aromatic heterocycles. The van der Waals surface area contributed by atoms with Gasteiger partial charge in [0.2, 0.25) is 15.9 Å². The Balaban J connectivity index is 2.17. The molecule has 2 N–H and O–H groups in total. The van der Waals surface area contributed by atoms with Crippen LogP contribution in [0.5, 0.6) is 5.75 Å². The number of alkyl halides is 3. The summed E-state index contributed by atoms with van der Waals surface area (Å²) in [6.07, 6.45) is -4.77. The van der Waals surface area contributed by atoms with Gasteiger partial charge in [0.15, 0.2) is 0 Å². The molecule has 1 unspecified atom stereocenters. The molecule has 0 spiro atoms. The number of carbonyl (C=O) groups excluding carboxylic acids is 1. The normalized spacial score (nSPS) is 19.3. The zero-order valence-electron chi connectivity index (χ0n) is 12.1. The minimum absolute atomic E-state index is 0.0245. The fourth-order valence-corrected chi connectivity index (χ4v) is 3.46. The minimum atomic E-state index is -4.79. The van der Waals surface area contributed by atoms with Gasteiger partial charge < -0.3 is 9.64 Å². The number of primary sulfonamides is 1. The third-order valence-corrected chi connectivity index (χ3v) is 4.30. The predicted octanol–water partition coefficient (Wildman–Crippen LogP) is 1.54. The Hall–Kier alpha value is -1.81. The fourth-order valence-electron chi connectivity index (χ4n) is 2.58. The third-order valence-electron chi connectivity index (χ3n) is 3.37. The van der Waals surface area contributed by atoms with Crippen LogP contribution in [0.4, 0.5) is 18.9 Å². The van der Waals surface area contributed by atoms with Gasteiger partial charge >= 0.3 is 6.36 Å². The molecule has 128 valence electrons. The van der Waals surface area contributed by atoms with Crippen molar-refractivity contribution in [2.75, 3.05) is 17.2 Å². The molecule has 0 aliphatic carbocycles. The molecule has 1 aromatic rings. The van der Waals surface area contributed by atoms with Crippen molar-refractivity contribution in [2.24, 2.45) is 11.1 Å². The average molecular weight is 352 g/mol. The molecule has 1 heterocycles. The number of halogens is 3. The average Bonchev–Trinajstić information content (AvgIpc) is 2.65. The monoisotopic (exact) mass is 352 g/mol. The highest BCUT2D eigenvalue weighted by molar-refractivity contribution is 7.89. The van der Waals surface area contributed by atoms with Crippen LogP contribution in [0.25, 0.3) is 0 Å². The molecule has 1 aromatic carbocycles. The van der Waals surface area contributed by atoms with Crippen LogP contribution in [0.2, 0.25) is 0 Å². The van der Waals surface area contributed by atoms with Crippen molar-refractivity contribution < 1.29 is 31.1 Å². The number of aryl methyl sites for hydroxylation is 1. The number of benzene rings is 1. The molecule has 2 rings (SSSR count). The van der Waals surface area contributed by atoms with Crippen LogP contribution in [-0.2, 0) is 14.8 Å². The lowest BCUT2D eigenvalue weighted by Crippen LogP contribution is -2.28. The number of sulfonamides is 1. The molecule has 1 saturated heterocycles. The fraction of sp³-hybridized carbons (Fsp3) is 0.462. The van der Waals surface area contributed by atoms with Gasteiger partial charge in [0.05, 0.1) is 5.75 Å². The van der Waals surface area contributed by atoms with Gasteiger partial charge in [-0.3, -0.25) is 4.79 Å². The van der Waals surface area contributed by atoms with Crippen LogP contribution >= 0.6 is 0 Å². The van der Waals surface area contributed by atoms with Gasteiger partial charge in [-0.1, -0.05) is 0 Å². The number of hydrogen-bond acceptors (Lipinski definition) is 4. The Morgan fingerprint density at radius 2 is 2.04 bits per heavy atom. The maximum Gasteiger partial charge on any atom is 0.573 e. The zero-order valence-corrected chi connectivity index (χ0v) is 12.9. The van der Waals surface area contributed by atoms with E-state index < -0.39 is 22.3 Å². The van der Waals surface area contributed by atoms with Crippen molar-refractivity contribution in [3.63, 3.8) is 0 Å². The van der Waals surface area contributed by atoms with E-state index in [1.807, 2.05) is 0 Å². The first-order chi connectivity index (χ1) is 10.4. The first-order valence-corrected chi connectivity index (χ1v) is 8.33. The van der Waals surface area contributed by atoms with Crippen molar-refractivity contribution in [3.05, 3.63) is 23.8 Å². The Labute approximate surface area is 131 Å². The van der Waals surface area contributed by atoms with Gasteiger partial charge in [-0.05, 0) is 30.7 Å². The summed E-state index contributed by atoms with van der Waals surface area (Å²) >= 11 is 0. The third kappa shape index (κ3) is 4.83. The number of ether oxygens (including phenoxy) is 1. The van der Waals surface area contributed by atoms with E-state index in [1.54, 1.807) is 6.92 Å². The van der Waals surface area contributed by atoms with E-state index in [1.165, 1.54) is 17.0 Å². The second kappa shape index (κ2) is 6.00. The summed E-state index contributed by atoms with van der Waals surface area (Å²) in [5.41, 5.74) is 0.831. The number of nitrogens with two attached hydrogens (primary N) is 1. The number of rotatable bonds is 4. The van der Waals surface area contributed by atoms with Crippen molar-refractivity contribution in [2.45, 2.75) is 19.7 Å². The Kier molecular flexibility index (Phi) is 4.58. The van der Waals surface area contributed by atoms with E-state index in [9.17, 15) is 26.4 Å². The minimum Gasteiger partial charge on any atom is -0.406 e. The van der Waals surface area contributed by atoms with Gasteiger partial charge in [-0.25, -0.2) is 13.6 Å². The van der Waals surface area contributed by atoms with Gasteiger partial charge in [-0.2, -0.15) is 0 Å². The molecular weight excluding hydrogens is 337 g/mol. The van der Waals surface area contributed by atoms with Crippen LogP contribution in [0.1, 0.15) is 12.0 Å². The van der Waals surface area contributed by atoms with Crippen molar-refractivity contribution in [1.29, 1.82) is 0 Å². The molecule has 6 nitrogen and oxygen atoms in total.